The van der Waals surface area contributed by atoms with E-state index in [4.69, 9.17) is 14.2 Å². The number of carboxylic acid groups (broad SMARTS) is 1. The molecule has 1 N–H and O–H groups in total. The molecule has 2 aromatic carbocycles. The summed E-state index contributed by atoms with van der Waals surface area (Å²) in [5, 5.41) is 14.5. The van der Waals surface area contributed by atoms with Gasteiger partial charge >= 0.3 is 5.97 Å². The van der Waals surface area contributed by atoms with Crippen LogP contribution >= 0.6 is 0 Å². The van der Waals surface area contributed by atoms with Crippen LogP contribution in [0.1, 0.15) is 35.7 Å². The van der Waals surface area contributed by atoms with Crippen LogP contribution in [0.4, 0.5) is 0 Å². The van der Waals surface area contributed by atoms with Gasteiger partial charge in [-0.15, -0.1) is 0 Å². The monoisotopic (exact) mass is 467 g/mol. The standard InChI is InChI=1S/C28H25N3O4/c1-16(2)34-25-13-19(28(32)33)10-11-22(25)24-15-31(21-8-6-5-7-9-21)27-23(24)12-20(14-29-27)26-17(3)30-35-18(26)4/h5-16H,1-4H3,(H,32,33). The summed E-state index contributed by atoms with van der Waals surface area (Å²) < 4.78 is 13.5. The highest BCUT2D eigenvalue weighted by atomic mass is 16.5. The largest absolute Gasteiger partial charge is 0.490 e. The van der Waals surface area contributed by atoms with Crippen LogP contribution in [0.2, 0.25) is 0 Å². The van der Waals surface area contributed by atoms with E-state index in [1.54, 1.807) is 18.2 Å². The second-order valence-corrected chi connectivity index (χ2v) is 8.73. The van der Waals surface area contributed by atoms with Gasteiger partial charge in [0, 0.05) is 45.7 Å². The van der Waals surface area contributed by atoms with Crippen molar-refractivity contribution in [1.82, 2.24) is 14.7 Å². The van der Waals surface area contributed by atoms with Gasteiger partial charge in [0.05, 0.1) is 17.4 Å². The van der Waals surface area contributed by atoms with E-state index in [0.717, 1.165) is 50.4 Å². The third-order valence-electron chi connectivity index (χ3n) is 5.88. The first-order valence-corrected chi connectivity index (χ1v) is 11.4. The van der Waals surface area contributed by atoms with Crippen molar-refractivity contribution in [3.05, 3.63) is 84.0 Å². The number of rotatable bonds is 6. The minimum atomic E-state index is -1.00. The van der Waals surface area contributed by atoms with Crippen molar-refractivity contribution in [2.75, 3.05) is 0 Å². The number of fused-ring (bicyclic) bond motifs is 1. The number of aromatic carboxylic acids is 1. The van der Waals surface area contributed by atoms with E-state index in [-0.39, 0.29) is 11.7 Å². The van der Waals surface area contributed by atoms with Gasteiger partial charge < -0.3 is 18.9 Å². The summed E-state index contributed by atoms with van der Waals surface area (Å²) in [6.07, 6.45) is 3.72. The van der Waals surface area contributed by atoms with Gasteiger partial charge in [-0.1, -0.05) is 23.4 Å². The molecule has 0 aliphatic rings. The molecule has 0 saturated carbocycles. The Bertz CT molecular complexity index is 1530. The first-order valence-electron chi connectivity index (χ1n) is 11.4. The molecule has 7 heteroatoms. The van der Waals surface area contributed by atoms with E-state index in [1.807, 2.05) is 75.0 Å². The second kappa shape index (κ2) is 8.76. The lowest BCUT2D eigenvalue weighted by molar-refractivity contribution is 0.0696. The summed E-state index contributed by atoms with van der Waals surface area (Å²) in [5.41, 5.74) is 6.20. The Kier molecular flexibility index (Phi) is 5.61. The van der Waals surface area contributed by atoms with Crippen LogP contribution < -0.4 is 4.74 Å². The number of carboxylic acids is 1. The van der Waals surface area contributed by atoms with E-state index in [2.05, 4.69) is 11.2 Å². The molecule has 7 nitrogen and oxygen atoms in total. The average molecular weight is 468 g/mol. The van der Waals surface area contributed by atoms with E-state index in [9.17, 15) is 9.90 Å². The highest BCUT2D eigenvalue weighted by Gasteiger charge is 2.20. The number of aromatic nitrogens is 3. The number of hydrogen-bond acceptors (Lipinski definition) is 5. The fourth-order valence-corrected chi connectivity index (χ4v) is 4.37. The Morgan fingerprint density at radius 2 is 1.83 bits per heavy atom. The van der Waals surface area contributed by atoms with Crippen LogP contribution in [0, 0.1) is 13.8 Å². The smallest absolute Gasteiger partial charge is 0.335 e. The molecule has 0 radical (unpaired) electrons. The maximum atomic E-state index is 11.6. The van der Waals surface area contributed by atoms with E-state index < -0.39 is 5.97 Å². The van der Waals surface area contributed by atoms with Crippen LogP contribution in [0.5, 0.6) is 5.75 Å². The molecule has 0 atom stereocenters. The summed E-state index contributed by atoms with van der Waals surface area (Å²) >= 11 is 0. The van der Waals surface area contributed by atoms with Gasteiger partial charge in [-0.25, -0.2) is 9.78 Å². The lowest BCUT2D eigenvalue weighted by Crippen LogP contribution is -2.08. The number of ether oxygens (including phenoxy) is 1. The molecule has 0 amide bonds. The molecule has 5 rings (SSSR count). The zero-order valence-corrected chi connectivity index (χ0v) is 19.9. The van der Waals surface area contributed by atoms with Gasteiger partial charge in [-0.2, -0.15) is 0 Å². The maximum Gasteiger partial charge on any atom is 0.335 e. The molecular weight excluding hydrogens is 442 g/mol. The summed E-state index contributed by atoms with van der Waals surface area (Å²) in [6.45, 7) is 7.63. The SMILES string of the molecule is Cc1noc(C)c1-c1cnc2c(c1)c(-c1ccc(C(=O)O)cc1OC(C)C)cn2-c1ccccc1. The number of hydrogen-bond donors (Lipinski definition) is 1. The van der Waals surface area contributed by atoms with Gasteiger partial charge in [0.2, 0.25) is 0 Å². The first-order chi connectivity index (χ1) is 16.8. The van der Waals surface area contributed by atoms with E-state index in [1.165, 1.54) is 0 Å². The minimum absolute atomic E-state index is 0.128. The van der Waals surface area contributed by atoms with E-state index >= 15 is 0 Å². The Morgan fingerprint density at radius 1 is 1.06 bits per heavy atom. The highest BCUT2D eigenvalue weighted by Crippen LogP contribution is 2.40. The number of aryl methyl sites for hydroxylation is 2. The van der Waals surface area contributed by atoms with Gasteiger partial charge in [-0.3, -0.25) is 0 Å². The van der Waals surface area contributed by atoms with Gasteiger partial charge in [0.25, 0.3) is 0 Å². The molecule has 0 bridgehead atoms. The zero-order valence-electron chi connectivity index (χ0n) is 19.9. The van der Waals surface area contributed by atoms with Crippen LogP contribution in [0.15, 0.2) is 71.5 Å². The summed E-state index contributed by atoms with van der Waals surface area (Å²) in [5.74, 6) is 0.233. The predicted molar refractivity (Wildman–Crippen MR) is 134 cm³/mol. The Balaban J connectivity index is 1.80. The minimum Gasteiger partial charge on any atom is -0.490 e. The molecule has 0 aliphatic carbocycles. The zero-order chi connectivity index (χ0) is 24.7. The van der Waals surface area contributed by atoms with Crippen LogP contribution in [0.3, 0.4) is 0 Å². The molecule has 0 aliphatic heterocycles. The maximum absolute atomic E-state index is 11.6. The van der Waals surface area contributed by atoms with Gasteiger partial charge in [-0.05, 0) is 64.1 Å². The first kappa shape index (κ1) is 22.4. The van der Waals surface area contributed by atoms with Crippen molar-refractivity contribution >= 4 is 17.0 Å². The molecule has 3 aromatic heterocycles. The van der Waals surface area contributed by atoms with Crippen LogP contribution in [0.25, 0.3) is 39.0 Å². The number of pyridine rings is 1. The number of nitrogens with zero attached hydrogens (tertiary/aromatic N) is 3. The van der Waals surface area contributed by atoms with Crippen molar-refractivity contribution in [1.29, 1.82) is 0 Å². The summed E-state index contributed by atoms with van der Waals surface area (Å²) in [6, 6.07) is 17.0. The fraction of sp³-hybridized carbons (Fsp3) is 0.179. The lowest BCUT2D eigenvalue weighted by Gasteiger charge is -2.15. The molecule has 176 valence electrons. The average Bonchev–Trinajstić information content (AvgIpc) is 3.38. The number of benzene rings is 2. The molecule has 0 spiro atoms. The summed E-state index contributed by atoms with van der Waals surface area (Å²) in [4.78, 5) is 16.5. The third kappa shape index (κ3) is 4.05. The predicted octanol–water partition coefficient (Wildman–Crippen LogP) is 6.45. The molecule has 0 saturated heterocycles. The summed E-state index contributed by atoms with van der Waals surface area (Å²) in [7, 11) is 0. The Morgan fingerprint density at radius 3 is 2.49 bits per heavy atom. The molecular formula is C28H25N3O4. The normalized spacial score (nSPS) is 11.3. The second-order valence-electron chi connectivity index (χ2n) is 8.73. The molecule has 35 heavy (non-hydrogen) atoms. The molecule has 3 heterocycles. The van der Waals surface area contributed by atoms with Gasteiger partial charge in [0.15, 0.2) is 0 Å². The molecule has 0 fully saturated rings. The highest BCUT2D eigenvalue weighted by molar-refractivity contribution is 5.99. The molecule has 5 aromatic rings. The Hall–Kier alpha value is -4.39. The van der Waals surface area contributed by atoms with Crippen molar-refractivity contribution in [2.45, 2.75) is 33.8 Å². The van der Waals surface area contributed by atoms with Crippen LogP contribution in [-0.4, -0.2) is 31.9 Å². The van der Waals surface area contributed by atoms with E-state index in [0.29, 0.717) is 5.75 Å². The fourth-order valence-electron chi connectivity index (χ4n) is 4.37. The quantitative estimate of drug-likeness (QED) is 0.309. The topological polar surface area (TPSA) is 90.4 Å². The van der Waals surface area contributed by atoms with Crippen molar-refractivity contribution in [3.63, 3.8) is 0 Å². The van der Waals surface area contributed by atoms with Crippen molar-refractivity contribution in [2.24, 2.45) is 0 Å². The lowest BCUT2D eigenvalue weighted by atomic mass is 10.00. The Labute approximate surface area is 202 Å². The van der Waals surface area contributed by atoms with Gasteiger partial charge in [0.1, 0.15) is 17.2 Å². The number of carbonyl (C=O) groups is 1. The number of para-hydroxylation sites is 1. The molecule has 0 unspecified atom stereocenters. The van der Waals surface area contributed by atoms with Crippen LogP contribution in [-0.2, 0) is 0 Å². The third-order valence-corrected chi connectivity index (χ3v) is 5.88. The van der Waals surface area contributed by atoms with Crippen molar-refractivity contribution in [3.8, 4) is 33.7 Å². The van der Waals surface area contributed by atoms with Crippen molar-refractivity contribution < 1.29 is 19.2 Å².